The van der Waals surface area contributed by atoms with Crippen LogP contribution in [0, 0.1) is 0 Å². The lowest BCUT2D eigenvalue weighted by Crippen LogP contribution is -2.54. The average molecular weight is 693 g/mol. The number of hydrogen-bond donors (Lipinski definition) is 2. The fourth-order valence-electron chi connectivity index (χ4n) is 7.31. The van der Waals surface area contributed by atoms with Gasteiger partial charge in [-0.2, -0.15) is 13.2 Å². The first-order valence-electron chi connectivity index (χ1n) is 16.8. The second kappa shape index (κ2) is 14.9. The number of anilines is 1. The lowest BCUT2D eigenvalue weighted by atomic mass is 10.00. The molecular formula is C34H44ClF3N6O4. The molecule has 4 heterocycles. The number of halogens is 4. The van der Waals surface area contributed by atoms with Crippen molar-refractivity contribution in [1.29, 1.82) is 0 Å². The number of carbonyl (C=O) groups excluding carboxylic acids is 3. The Morgan fingerprint density at radius 3 is 2.27 bits per heavy atom. The number of fused-ring (bicyclic) bond motifs is 1. The number of hydrogen-bond acceptors (Lipinski definition) is 6. The van der Waals surface area contributed by atoms with Crippen LogP contribution in [0.4, 0.5) is 28.4 Å². The predicted molar refractivity (Wildman–Crippen MR) is 177 cm³/mol. The quantitative estimate of drug-likeness (QED) is 0.438. The van der Waals surface area contributed by atoms with E-state index in [2.05, 4.69) is 15.5 Å². The van der Waals surface area contributed by atoms with Crippen molar-refractivity contribution < 1.29 is 33.7 Å². The molecule has 48 heavy (non-hydrogen) atoms. The number of nitrogens with one attached hydrogen (secondary N) is 2. The summed E-state index contributed by atoms with van der Waals surface area (Å²) in [5, 5.41) is 5.88. The maximum absolute atomic E-state index is 13.9. The molecule has 2 aromatic rings. The number of piperazine rings is 1. The van der Waals surface area contributed by atoms with E-state index >= 15 is 0 Å². The van der Waals surface area contributed by atoms with Gasteiger partial charge in [-0.15, -0.1) is 0 Å². The Labute approximate surface area is 285 Å². The van der Waals surface area contributed by atoms with E-state index in [4.69, 9.17) is 16.3 Å². The number of alkyl halides is 3. The van der Waals surface area contributed by atoms with Crippen molar-refractivity contribution in [3.8, 4) is 0 Å². The molecule has 14 heteroatoms. The van der Waals surface area contributed by atoms with Crippen LogP contribution in [-0.4, -0.2) is 115 Å². The van der Waals surface area contributed by atoms with Gasteiger partial charge >= 0.3 is 18.3 Å². The first-order chi connectivity index (χ1) is 23.1. The first kappa shape index (κ1) is 34.3. The molecule has 4 aliphatic rings. The van der Waals surface area contributed by atoms with Crippen molar-refractivity contribution in [2.45, 2.75) is 62.9 Å². The minimum atomic E-state index is -4.61. The Morgan fingerprint density at radius 1 is 0.917 bits per heavy atom. The molecule has 6 rings (SSSR count). The van der Waals surface area contributed by atoms with Crippen molar-refractivity contribution in [2.24, 2.45) is 0 Å². The monoisotopic (exact) mass is 692 g/mol. The van der Waals surface area contributed by atoms with E-state index in [0.29, 0.717) is 57.2 Å². The molecule has 4 amide bonds. The predicted octanol–water partition coefficient (Wildman–Crippen LogP) is 5.10. The summed E-state index contributed by atoms with van der Waals surface area (Å²) in [6.45, 7) is 6.03. The maximum atomic E-state index is 13.9. The molecule has 1 atom stereocenters. The summed E-state index contributed by atoms with van der Waals surface area (Å²) in [7, 11) is 0. The summed E-state index contributed by atoms with van der Waals surface area (Å²) >= 11 is 5.99. The summed E-state index contributed by atoms with van der Waals surface area (Å²) < 4.78 is 45.9. The standard InChI is InChI=1S/C34H42ClF3N6O4.H2/c35-28-21-23(5-6-27(28)34(36,37)38)22-30(31(45)42-14-8-25(9-15-42)41-19-12-39-13-20-41)48-33(47)43-16-10-26(11-17-43)44-18-7-24-3-1-2-4-29(24)40-32(44)46;/h1-6,21,25-26,30,39H,7-20,22H2,(H,40,46);1H/t30-;/m1./s1. The van der Waals surface area contributed by atoms with E-state index in [0.717, 1.165) is 62.8 Å². The van der Waals surface area contributed by atoms with Crippen LogP contribution in [0.3, 0.4) is 0 Å². The second-order valence-electron chi connectivity index (χ2n) is 13.0. The van der Waals surface area contributed by atoms with Crippen LogP contribution in [0.5, 0.6) is 0 Å². The lowest BCUT2D eigenvalue weighted by molar-refractivity contribution is -0.142. The lowest BCUT2D eigenvalue weighted by Gasteiger charge is -2.41. The van der Waals surface area contributed by atoms with Gasteiger partial charge < -0.3 is 30.1 Å². The molecule has 0 unspecified atom stereocenters. The van der Waals surface area contributed by atoms with Gasteiger partial charge in [0.2, 0.25) is 0 Å². The van der Waals surface area contributed by atoms with Gasteiger partial charge in [0.05, 0.1) is 10.6 Å². The number of amides is 4. The van der Waals surface area contributed by atoms with Crippen molar-refractivity contribution in [3.05, 3.63) is 64.2 Å². The van der Waals surface area contributed by atoms with Gasteiger partial charge in [-0.3, -0.25) is 9.69 Å². The Morgan fingerprint density at radius 2 is 1.58 bits per heavy atom. The molecule has 0 aromatic heterocycles. The van der Waals surface area contributed by atoms with Crippen LogP contribution in [0.1, 0.15) is 43.8 Å². The zero-order chi connectivity index (χ0) is 33.8. The SMILES string of the molecule is O=C(O[C@H](Cc1ccc(C(F)(F)F)c(Cl)c1)C(=O)N1CCC(N2CCNCC2)CC1)N1CCC(N2CCc3ccccc3NC2=O)CC1.[HH]. The molecule has 0 aliphatic carbocycles. The van der Waals surface area contributed by atoms with Gasteiger partial charge in [-0.1, -0.05) is 35.9 Å². The maximum Gasteiger partial charge on any atom is 0.417 e. The molecule has 262 valence electrons. The molecule has 0 saturated carbocycles. The van der Waals surface area contributed by atoms with Gasteiger partial charge in [0.1, 0.15) is 0 Å². The van der Waals surface area contributed by atoms with E-state index in [1.807, 2.05) is 29.2 Å². The fourth-order valence-corrected chi connectivity index (χ4v) is 7.62. The van der Waals surface area contributed by atoms with Crippen molar-refractivity contribution in [2.75, 3.05) is 64.2 Å². The summed E-state index contributed by atoms with van der Waals surface area (Å²) in [6.07, 6.45) is -3.20. The van der Waals surface area contributed by atoms with E-state index in [1.54, 1.807) is 4.90 Å². The Bertz CT molecular complexity index is 1480. The van der Waals surface area contributed by atoms with Crippen LogP contribution in [-0.2, 0) is 28.5 Å². The number of urea groups is 1. The van der Waals surface area contributed by atoms with Crippen LogP contribution in [0.2, 0.25) is 5.02 Å². The summed E-state index contributed by atoms with van der Waals surface area (Å²) in [5.74, 6) is -0.367. The number of piperidine rings is 2. The van der Waals surface area contributed by atoms with Crippen molar-refractivity contribution >= 4 is 35.3 Å². The third-order valence-corrected chi connectivity index (χ3v) is 10.3. The minimum Gasteiger partial charge on any atom is -0.436 e. The number of rotatable bonds is 6. The Hall–Kier alpha value is -3.55. The van der Waals surface area contributed by atoms with Crippen molar-refractivity contribution in [1.82, 2.24) is 24.9 Å². The fraction of sp³-hybridized carbons (Fsp3) is 0.559. The van der Waals surface area contributed by atoms with Gasteiger partial charge in [0.25, 0.3) is 5.91 Å². The molecule has 10 nitrogen and oxygen atoms in total. The zero-order valence-corrected chi connectivity index (χ0v) is 27.6. The molecule has 3 fully saturated rings. The highest BCUT2D eigenvalue weighted by Gasteiger charge is 2.37. The molecule has 2 aromatic carbocycles. The van der Waals surface area contributed by atoms with Crippen LogP contribution in [0.15, 0.2) is 42.5 Å². The van der Waals surface area contributed by atoms with Gasteiger partial charge in [-0.05, 0) is 61.4 Å². The van der Waals surface area contributed by atoms with Gasteiger partial charge in [-0.25, -0.2) is 9.59 Å². The largest absolute Gasteiger partial charge is 0.436 e. The molecule has 2 N–H and O–H groups in total. The third kappa shape index (κ3) is 8.01. The smallest absolute Gasteiger partial charge is 0.417 e. The number of likely N-dealkylation sites (tertiary alicyclic amines) is 2. The van der Waals surface area contributed by atoms with E-state index < -0.39 is 29.0 Å². The number of benzene rings is 2. The van der Waals surface area contributed by atoms with Crippen molar-refractivity contribution in [3.63, 3.8) is 0 Å². The summed E-state index contributed by atoms with van der Waals surface area (Å²) in [5.41, 5.74) is 1.28. The normalized spacial score (nSPS) is 20.9. The van der Waals surface area contributed by atoms with Gasteiger partial charge in [0.15, 0.2) is 6.10 Å². The minimum absolute atomic E-state index is 0. The second-order valence-corrected chi connectivity index (χ2v) is 13.4. The topological polar surface area (TPSA) is 97.5 Å². The van der Waals surface area contributed by atoms with Gasteiger partial charge in [0, 0.05) is 84.5 Å². The Kier molecular flexibility index (Phi) is 10.7. The molecule has 0 bridgehead atoms. The molecule has 3 saturated heterocycles. The Balaban J connectivity index is 0.00000468. The molecule has 0 radical (unpaired) electrons. The average Bonchev–Trinajstić information content (AvgIpc) is 3.25. The van der Waals surface area contributed by atoms with E-state index in [-0.39, 0.29) is 25.8 Å². The van der Waals surface area contributed by atoms with E-state index in [1.165, 1.54) is 17.0 Å². The molecule has 4 aliphatic heterocycles. The van der Waals surface area contributed by atoms with E-state index in [9.17, 15) is 27.6 Å². The molecular weight excluding hydrogens is 649 g/mol. The number of carbonyl (C=O) groups is 3. The number of ether oxygens (including phenoxy) is 1. The van der Waals surface area contributed by atoms with Crippen LogP contribution < -0.4 is 10.6 Å². The highest BCUT2D eigenvalue weighted by Crippen LogP contribution is 2.35. The third-order valence-electron chi connectivity index (χ3n) is 10.0. The van der Waals surface area contributed by atoms with Crippen LogP contribution >= 0.6 is 11.6 Å². The molecule has 0 spiro atoms. The number of para-hydroxylation sites is 1. The van der Waals surface area contributed by atoms with Crippen LogP contribution in [0.25, 0.3) is 0 Å². The first-order valence-corrected chi connectivity index (χ1v) is 17.1. The summed E-state index contributed by atoms with van der Waals surface area (Å²) in [6, 6.07) is 11.2. The summed E-state index contributed by atoms with van der Waals surface area (Å²) in [4.78, 5) is 47.9. The highest BCUT2D eigenvalue weighted by molar-refractivity contribution is 6.31. The highest BCUT2D eigenvalue weighted by atomic mass is 35.5. The zero-order valence-electron chi connectivity index (χ0n) is 26.8. The number of nitrogens with zero attached hydrogens (tertiary/aromatic N) is 4.